The van der Waals surface area contributed by atoms with E-state index in [-0.39, 0.29) is 0 Å². The lowest BCUT2D eigenvalue weighted by Gasteiger charge is -2.07. The quantitative estimate of drug-likeness (QED) is 0.599. The van der Waals surface area contributed by atoms with Crippen LogP contribution in [0.2, 0.25) is 0 Å². The number of H-pyrrole nitrogens is 1. The second-order valence-corrected chi connectivity index (χ2v) is 5.31. The van der Waals surface area contributed by atoms with Crippen LogP contribution in [0.1, 0.15) is 5.56 Å². The van der Waals surface area contributed by atoms with Gasteiger partial charge in [0.25, 0.3) is 0 Å². The minimum Gasteiger partial charge on any atom is -0.381 e. The molecule has 21 heavy (non-hydrogen) atoms. The lowest BCUT2D eigenvalue weighted by molar-refractivity contribution is 0.967. The Kier molecular flexibility index (Phi) is 2.67. The molecule has 0 radical (unpaired) electrons. The second kappa shape index (κ2) is 4.66. The topological polar surface area (TPSA) is 45.6 Å². The molecule has 0 amide bonds. The summed E-state index contributed by atoms with van der Waals surface area (Å²) >= 11 is 0. The molecule has 0 atom stereocenters. The summed E-state index contributed by atoms with van der Waals surface area (Å²) in [6.45, 7) is 0.806. The van der Waals surface area contributed by atoms with E-state index in [9.17, 15) is 0 Å². The van der Waals surface area contributed by atoms with Gasteiger partial charge in [-0.25, -0.2) is 4.98 Å². The lowest BCUT2D eigenvalue weighted by Crippen LogP contribution is -1.99. The van der Waals surface area contributed by atoms with Gasteiger partial charge in [-0.2, -0.15) is 0 Å². The van der Waals surface area contributed by atoms with Crippen molar-refractivity contribution in [1.29, 1.82) is 0 Å². The highest BCUT2D eigenvalue weighted by Crippen LogP contribution is 2.19. The summed E-state index contributed by atoms with van der Waals surface area (Å²) in [5.41, 5.74) is 5.68. The molecule has 0 saturated carbocycles. The van der Waals surface area contributed by atoms with Gasteiger partial charge in [0.2, 0.25) is 0 Å². The molecule has 0 unspecified atom stereocenters. The van der Waals surface area contributed by atoms with Crippen LogP contribution in [-0.2, 0) is 13.6 Å². The number of nitrogens with one attached hydrogen (secondary N) is 2. The molecule has 4 rings (SSSR count). The van der Waals surface area contributed by atoms with E-state index in [1.807, 2.05) is 6.07 Å². The molecule has 104 valence electrons. The summed E-state index contributed by atoms with van der Waals surface area (Å²) in [7, 11) is 2.08. The minimum absolute atomic E-state index is 0.806. The molecule has 4 nitrogen and oxygen atoms in total. The number of benzene rings is 2. The van der Waals surface area contributed by atoms with E-state index in [1.165, 1.54) is 16.5 Å². The number of hydrogen-bond acceptors (Lipinski definition) is 2. The van der Waals surface area contributed by atoms with E-state index < -0.39 is 0 Å². The van der Waals surface area contributed by atoms with Crippen LogP contribution in [0.5, 0.6) is 0 Å². The van der Waals surface area contributed by atoms with Crippen molar-refractivity contribution in [3.63, 3.8) is 0 Å². The molecule has 0 aliphatic rings. The van der Waals surface area contributed by atoms with E-state index in [4.69, 9.17) is 0 Å². The van der Waals surface area contributed by atoms with Crippen LogP contribution in [0.3, 0.4) is 0 Å². The monoisotopic (exact) mass is 276 g/mol. The van der Waals surface area contributed by atoms with Gasteiger partial charge in [-0.3, -0.25) is 0 Å². The number of hydrogen-bond donors (Lipinski definition) is 2. The number of aromatic nitrogens is 3. The summed E-state index contributed by atoms with van der Waals surface area (Å²) in [5.74, 6) is 0. The van der Waals surface area contributed by atoms with Gasteiger partial charge < -0.3 is 14.9 Å². The fourth-order valence-corrected chi connectivity index (χ4v) is 2.67. The van der Waals surface area contributed by atoms with Crippen LogP contribution < -0.4 is 5.32 Å². The first kappa shape index (κ1) is 12.0. The van der Waals surface area contributed by atoms with Gasteiger partial charge in [0, 0.05) is 31.0 Å². The molecule has 2 aromatic carbocycles. The zero-order chi connectivity index (χ0) is 14.2. The van der Waals surface area contributed by atoms with Crippen LogP contribution in [0.4, 0.5) is 5.69 Å². The number of aromatic amines is 1. The molecule has 2 heterocycles. The fraction of sp³-hybridized carbons (Fsp3) is 0.118. The van der Waals surface area contributed by atoms with E-state index in [0.717, 1.165) is 23.3 Å². The number of anilines is 1. The average Bonchev–Trinajstić information content (AvgIpc) is 3.11. The average molecular weight is 276 g/mol. The van der Waals surface area contributed by atoms with Crippen molar-refractivity contribution in [2.24, 2.45) is 7.05 Å². The molecule has 4 heteroatoms. The van der Waals surface area contributed by atoms with Crippen molar-refractivity contribution in [3.05, 3.63) is 60.6 Å². The van der Waals surface area contributed by atoms with Crippen molar-refractivity contribution >= 4 is 27.6 Å². The summed E-state index contributed by atoms with van der Waals surface area (Å²) in [4.78, 5) is 7.36. The van der Waals surface area contributed by atoms with E-state index in [0.29, 0.717) is 0 Å². The van der Waals surface area contributed by atoms with Crippen LogP contribution in [0, 0.1) is 0 Å². The third-order valence-corrected chi connectivity index (χ3v) is 3.87. The zero-order valence-corrected chi connectivity index (χ0v) is 11.8. The summed E-state index contributed by atoms with van der Waals surface area (Å²) in [6.07, 6.45) is 3.81. The highest BCUT2D eigenvalue weighted by atomic mass is 14.9. The first-order valence-corrected chi connectivity index (χ1v) is 7.00. The summed E-state index contributed by atoms with van der Waals surface area (Å²) in [5, 5.41) is 4.74. The summed E-state index contributed by atoms with van der Waals surface area (Å²) in [6, 6.07) is 14.9. The Morgan fingerprint density at radius 2 is 2.10 bits per heavy atom. The largest absolute Gasteiger partial charge is 0.381 e. The minimum atomic E-state index is 0.806. The maximum absolute atomic E-state index is 4.23. The third-order valence-electron chi connectivity index (χ3n) is 3.87. The highest BCUT2D eigenvalue weighted by Gasteiger charge is 2.01. The molecule has 0 fully saturated rings. The highest BCUT2D eigenvalue weighted by molar-refractivity contribution is 5.81. The lowest BCUT2D eigenvalue weighted by atomic mass is 10.1. The second-order valence-electron chi connectivity index (χ2n) is 5.31. The zero-order valence-electron chi connectivity index (χ0n) is 11.8. The number of aryl methyl sites for hydroxylation is 1. The van der Waals surface area contributed by atoms with Crippen molar-refractivity contribution in [2.75, 3.05) is 5.32 Å². The third kappa shape index (κ3) is 2.14. The Hall–Kier alpha value is -2.75. The molecule has 0 aliphatic heterocycles. The Morgan fingerprint density at radius 1 is 1.14 bits per heavy atom. The van der Waals surface area contributed by atoms with Crippen LogP contribution in [0.15, 0.2) is 55.0 Å². The first-order valence-electron chi connectivity index (χ1n) is 7.00. The molecule has 2 N–H and O–H groups in total. The van der Waals surface area contributed by atoms with Crippen molar-refractivity contribution in [2.45, 2.75) is 6.54 Å². The molecule has 0 bridgehead atoms. The van der Waals surface area contributed by atoms with Gasteiger partial charge in [-0.15, -0.1) is 0 Å². The standard InChI is InChI=1S/C17H16N4/c1-21-7-6-13-3-2-12(8-17(13)21)10-18-14-4-5-15-16(9-14)20-11-19-15/h2-9,11,18H,10H2,1H3,(H,19,20). The number of nitrogens with zero attached hydrogens (tertiary/aromatic N) is 2. The summed E-state index contributed by atoms with van der Waals surface area (Å²) < 4.78 is 2.15. The maximum Gasteiger partial charge on any atom is 0.0931 e. The predicted molar refractivity (Wildman–Crippen MR) is 86.3 cm³/mol. The number of fused-ring (bicyclic) bond motifs is 2. The molecule has 4 aromatic rings. The van der Waals surface area contributed by atoms with Gasteiger partial charge in [0.15, 0.2) is 0 Å². The van der Waals surface area contributed by atoms with Gasteiger partial charge in [-0.1, -0.05) is 12.1 Å². The fourth-order valence-electron chi connectivity index (χ4n) is 2.67. The molecule has 0 aliphatic carbocycles. The predicted octanol–water partition coefficient (Wildman–Crippen LogP) is 3.67. The SMILES string of the molecule is Cn1ccc2ccc(CNc3ccc4nc[nH]c4c3)cc21. The number of imidazole rings is 1. The molecular formula is C17H16N4. The Bertz CT molecular complexity index is 917. The van der Waals surface area contributed by atoms with Crippen LogP contribution in [-0.4, -0.2) is 14.5 Å². The Morgan fingerprint density at radius 3 is 3.05 bits per heavy atom. The molecular weight excluding hydrogens is 260 g/mol. The normalized spacial score (nSPS) is 11.3. The molecule has 0 spiro atoms. The maximum atomic E-state index is 4.23. The van der Waals surface area contributed by atoms with Crippen molar-refractivity contribution in [3.8, 4) is 0 Å². The van der Waals surface area contributed by atoms with Gasteiger partial charge in [-0.05, 0) is 41.3 Å². The molecule has 2 aromatic heterocycles. The molecule has 0 saturated heterocycles. The van der Waals surface area contributed by atoms with E-state index in [2.05, 4.69) is 69.5 Å². The van der Waals surface area contributed by atoms with Gasteiger partial charge in [0.1, 0.15) is 0 Å². The van der Waals surface area contributed by atoms with Crippen LogP contribution >= 0.6 is 0 Å². The van der Waals surface area contributed by atoms with E-state index >= 15 is 0 Å². The Balaban J connectivity index is 1.57. The Labute approximate surface area is 122 Å². The number of rotatable bonds is 3. The van der Waals surface area contributed by atoms with Crippen molar-refractivity contribution < 1.29 is 0 Å². The van der Waals surface area contributed by atoms with Crippen LogP contribution in [0.25, 0.3) is 21.9 Å². The van der Waals surface area contributed by atoms with Gasteiger partial charge in [0.05, 0.1) is 17.4 Å². The van der Waals surface area contributed by atoms with Crippen molar-refractivity contribution in [1.82, 2.24) is 14.5 Å². The van der Waals surface area contributed by atoms with Gasteiger partial charge >= 0.3 is 0 Å². The first-order chi connectivity index (χ1) is 10.3. The smallest absolute Gasteiger partial charge is 0.0931 e. The van der Waals surface area contributed by atoms with E-state index in [1.54, 1.807) is 6.33 Å².